The van der Waals surface area contributed by atoms with Crippen molar-refractivity contribution in [1.29, 1.82) is 5.26 Å². The van der Waals surface area contributed by atoms with Crippen molar-refractivity contribution in [1.82, 2.24) is 10.2 Å². The molecule has 15 heavy (non-hydrogen) atoms. The monoisotopic (exact) mass is 205 g/mol. The molecule has 0 saturated heterocycles. The van der Waals surface area contributed by atoms with Gasteiger partial charge in [-0.15, -0.1) is 0 Å². The highest BCUT2D eigenvalue weighted by Gasteiger charge is 2.11. The van der Waals surface area contributed by atoms with Gasteiger partial charge in [-0.05, 0) is 18.2 Å². The van der Waals surface area contributed by atoms with Crippen molar-refractivity contribution in [2.45, 2.75) is 0 Å². The lowest BCUT2D eigenvalue weighted by molar-refractivity contribution is 0.577. The molecular weight excluding hydrogens is 200 g/mol. The van der Waals surface area contributed by atoms with Crippen LogP contribution in [0.2, 0.25) is 0 Å². The van der Waals surface area contributed by atoms with Gasteiger partial charge in [0.2, 0.25) is 0 Å². The molecule has 0 radical (unpaired) electrons. The first-order chi connectivity index (χ1) is 7.22. The Hall–Kier alpha value is -2.22. The molecule has 0 aliphatic rings. The second kappa shape index (κ2) is 3.50. The van der Waals surface area contributed by atoms with Gasteiger partial charge in [0.25, 0.3) is 0 Å². The summed E-state index contributed by atoms with van der Waals surface area (Å²) in [5, 5.41) is 14.7. The van der Waals surface area contributed by atoms with E-state index in [-0.39, 0.29) is 0 Å². The molecule has 1 aromatic carbocycles. The fraction of sp³-hybridized carbons (Fsp3) is 0. The number of H-pyrrole nitrogens is 1. The Bertz CT molecular complexity index is 503. The average molecular weight is 205 g/mol. The van der Waals surface area contributed by atoms with E-state index in [9.17, 15) is 8.78 Å². The summed E-state index contributed by atoms with van der Waals surface area (Å²) >= 11 is 0. The van der Waals surface area contributed by atoms with E-state index in [1.807, 2.05) is 0 Å². The van der Waals surface area contributed by atoms with Crippen LogP contribution in [0.25, 0.3) is 11.3 Å². The molecule has 0 aliphatic carbocycles. The molecule has 1 aromatic heterocycles. The molecular formula is C10H5F2N3. The number of nitriles is 1. The SMILES string of the molecule is N#Cc1c(F)cc(-c2ccn[nH]2)cc1F. The zero-order valence-electron chi connectivity index (χ0n) is 7.46. The molecule has 1 N–H and O–H groups in total. The van der Waals surface area contributed by atoms with Crippen LogP contribution >= 0.6 is 0 Å². The minimum atomic E-state index is -0.873. The van der Waals surface area contributed by atoms with E-state index < -0.39 is 17.2 Å². The van der Waals surface area contributed by atoms with E-state index in [0.29, 0.717) is 11.3 Å². The largest absolute Gasteiger partial charge is 0.278 e. The van der Waals surface area contributed by atoms with E-state index >= 15 is 0 Å². The van der Waals surface area contributed by atoms with Crippen LogP contribution in [-0.4, -0.2) is 10.2 Å². The van der Waals surface area contributed by atoms with Crippen molar-refractivity contribution in [2.75, 3.05) is 0 Å². The number of benzene rings is 1. The summed E-state index contributed by atoms with van der Waals surface area (Å²) in [7, 11) is 0. The topological polar surface area (TPSA) is 52.5 Å². The Morgan fingerprint density at radius 2 is 1.93 bits per heavy atom. The van der Waals surface area contributed by atoms with Crippen LogP contribution in [0, 0.1) is 23.0 Å². The molecule has 0 atom stereocenters. The first kappa shape index (κ1) is 9.34. The van der Waals surface area contributed by atoms with Gasteiger partial charge in [0.1, 0.15) is 23.3 Å². The molecule has 0 aliphatic heterocycles. The highest BCUT2D eigenvalue weighted by molar-refractivity contribution is 5.60. The Kier molecular flexibility index (Phi) is 2.18. The summed E-state index contributed by atoms with van der Waals surface area (Å²) in [5.41, 5.74) is 0.247. The number of hydrogen-bond donors (Lipinski definition) is 1. The molecule has 74 valence electrons. The normalized spacial score (nSPS) is 9.93. The second-order valence-corrected chi connectivity index (χ2v) is 2.90. The molecule has 1 heterocycles. The average Bonchev–Trinajstić information content (AvgIpc) is 2.69. The van der Waals surface area contributed by atoms with Crippen LogP contribution < -0.4 is 0 Å². The van der Waals surface area contributed by atoms with Crippen molar-refractivity contribution in [3.05, 3.63) is 41.6 Å². The van der Waals surface area contributed by atoms with E-state index in [1.54, 1.807) is 6.07 Å². The van der Waals surface area contributed by atoms with Crippen LogP contribution in [-0.2, 0) is 0 Å². The van der Waals surface area contributed by atoms with Gasteiger partial charge in [-0.3, -0.25) is 5.10 Å². The molecule has 0 bridgehead atoms. The zero-order valence-corrected chi connectivity index (χ0v) is 7.46. The number of nitrogens with one attached hydrogen (secondary N) is 1. The van der Waals surface area contributed by atoms with Gasteiger partial charge in [-0.1, -0.05) is 0 Å². The Labute approximate surface area is 84.0 Å². The number of rotatable bonds is 1. The third kappa shape index (κ3) is 1.57. The van der Waals surface area contributed by atoms with Crippen LogP contribution in [0.1, 0.15) is 5.56 Å². The summed E-state index contributed by atoms with van der Waals surface area (Å²) in [6.07, 6.45) is 1.48. The second-order valence-electron chi connectivity index (χ2n) is 2.90. The van der Waals surface area contributed by atoms with Crippen LogP contribution in [0.5, 0.6) is 0 Å². The minimum absolute atomic E-state index is 0.321. The fourth-order valence-corrected chi connectivity index (χ4v) is 1.25. The van der Waals surface area contributed by atoms with Crippen LogP contribution in [0.15, 0.2) is 24.4 Å². The van der Waals surface area contributed by atoms with Crippen LogP contribution in [0.3, 0.4) is 0 Å². The maximum absolute atomic E-state index is 13.2. The van der Waals surface area contributed by atoms with Gasteiger partial charge in [-0.2, -0.15) is 10.4 Å². The molecule has 0 fully saturated rings. The molecule has 0 amide bonds. The van der Waals surface area contributed by atoms with Crippen molar-refractivity contribution in [2.24, 2.45) is 0 Å². The number of halogens is 2. The summed E-state index contributed by atoms with van der Waals surface area (Å²) in [6.45, 7) is 0. The number of hydrogen-bond acceptors (Lipinski definition) is 2. The van der Waals surface area contributed by atoms with Gasteiger partial charge in [0, 0.05) is 11.8 Å². The van der Waals surface area contributed by atoms with Crippen molar-refractivity contribution in [3.63, 3.8) is 0 Å². The molecule has 0 unspecified atom stereocenters. The number of nitrogens with zero attached hydrogens (tertiary/aromatic N) is 2. The van der Waals surface area contributed by atoms with Gasteiger partial charge < -0.3 is 0 Å². The smallest absolute Gasteiger partial charge is 0.144 e. The van der Waals surface area contributed by atoms with Gasteiger partial charge in [0.05, 0.1) is 5.69 Å². The molecule has 2 rings (SSSR count). The first-order valence-electron chi connectivity index (χ1n) is 4.11. The summed E-state index contributed by atoms with van der Waals surface area (Å²) in [4.78, 5) is 0. The Morgan fingerprint density at radius 1 is 1.27 bits per heavy atom. The van der Waals surface area contributed by atoms with Gasteiger partial charge in [0.15, 0.2) is 0 Å². The van der Waals surface area contributed by atoms with Crippen LogP contribution in [0.4, 0.5) is 8.78 Å². The Morgan fingerprint density at radius 3 is 2.40 bits per heavy atom. The van der Waals surface area contributed by atoms with E-state index in [1.165, 1.54) is 12.3 Å². The summed E-state index contributed by atoms with van der Waals surface area (Å²) < 4.78 is 26.4. The van der Waals surface area contributed by atoms with E-state index in [4.69, 9.17) is 5.26 Å². The highest BCUT2D eigenvalue weighted by atomic mass is 19.1. The first-order valence-corrected chi connectivity index (χ1v) is 4.11. The van der Waals surface area contributed by atoms with Gasteiger partial charge >= 0.3 is 0 Å². The zero-order chi connectivity index (χ0) is 10.8. The minimum Gasteiger partial charge on any atom is -0.278 e. The Balaban J connectivity index is 2.59. The lowest BCUT2D eigenvalue weighted by Crippen LogP contribution is -1.92. The number of aromatic nitrogens is 2. The van der Waals surface area contributed by atoms with E-state index in [0.717, 1.165) is 12.1 Å². The molecule has 5 heteroatoms. The predicted molar refractivity (Wildman–Crippen MR) is 48.7 cm³/mol. The maximum atomic E-state index is 13.2. The summed E-state index contributed by atoms with van der Waals surface area (Å²) in [6, 6.07) is 5.23. The lowest BCUT2D eigenvalue weighted by atomic mass is 10.1. The van der Waals surface area contributed by atoms with Crippen molar-refractivity contribution in [3.8, 4) is 17.3 Å². The van der Waals surface area contributed by atoms with Crippen molar-refractivity contribution < 1.29 is 8.78 Å². The third-order valence-corrected chi connectivity index (χ3v) is 1.97. The highest BCUT2D eigenvalue weighted by Crippen LogP contribution is 2.21. The standard InChI is InChI=1S/C10H5F2N3/c11-8-3-6(10-1-2-14-15-10)4-9(12)7(8)5-13/h1-4H,(H,14,15). The predicted octanol–water partition coefficient (Wildman–Crippen LogP) is 2.23. The molecule has 0 saturated carbocycles. The molecule has 3 nitrogen and oxygen atoms in total. The fourth-order valence-electron chi connectivity index (χ4n) is 1.25. The molecule has 2 aromatic rings. The molecule has 0 spiro atoms. The van der Waals surface area contributed by atoms with E-state index in [2.05, 4.69) is 10.2 Å². The lowest BCUT2D eigenvalue weighted by Gasteiger charge is -2.00. The maximum Gasteiger partial charge on any atom is 0.144 e. The summed E-state index contributed by atoms with van der Waals surface area (Å²) in [5.74, 6) is -1.75. The quantitative estimate of drug-likeness (QED) is 0.776. The number of aromatic amines is 1. The van der Waals surface area contributed by atoms with Crippen molar-refractivity contribution >= 4 is 0 Å². The third-order valence-electron chi connectivity index (χ3n) is 1.97. The van der Waals surface area contributed by atoms with Gasteiger partial charge in [-0.25, -0.2) is 8.78 Å².